The van der Waals surface area contributed by atoms with Crippen molar-refractivity contribution >= 4 is 11.7 Å². The fourth-order valence-corrected chi connectivity index (χ4v) is 1.23. The number of hydrogen-bond donors (Lipinski definition) is 2. The molecule has 1 unspecified atom stereocenters. The molecule has 0 aliphatic carbocycles. The fourth-order valence-electron chi connectivity index (χ4n) is 1.23. The Labute approximate surface area is 93.7 Å². The number of nitrogens with one attached hydrogen (secondary N) is 1. The van der Waals surface area contributed by atoms with Gasteiger partial charge in [-0.3, -0.25) is 4.79 Å². The van der Waals surface area contributed by atoms with Crippen LogP contribution in [-0.4, -0.2) is 22.6 Å². The number of nitrogens with zero attached hydrogens (tertiary/aromatic N) is 2. The molecular formula is C11H13N3O2. The molecule has 0 fully saturated rings. The minimum absolute atomic E-state index is 0.0492. The lowest BCUT2D eigenvalue weighted by Gasteiger charge is -2.10. The van der Waals surface area contributed by atoms with Gasteiger partial charge in [0, 0.05) is 13.0 Å². The first kappa shape index (κ1) is 12.0. The van der Waals surface area contributed by atoms with Crippen LogP contribution < -0.4 is 5.32 Å². The maximum absolute atomic E-state index is 10.4. The van der Waals surface area contributed by atoms with Gasteiger partial charge >= 0.3 is 5.97 Å². The summed E-state index contributed by atoms with van der Waals surface area (Å²) in [6.45, 7) is 2.43. The van der Waals surface area contributed by atoms with Gasteiger partial charge in [-0.15, -0.1) is 0 Å². The number of nitriles is 1. The molecular weight excluding hydrogens is 206 g/mol. The molecule has 0 aliphatic heterocycles. The van der Waals surface area contributed by atoms with Gasteiger partial charge in [-0.2, -0.15) is 5.26 Å². The maximum atomic E-state index is 10.4. The lowest BCUT2D eigenvalue weighted by Crippen LogP contribution is -2.14. The molecule has 0 bridgehead atoms. The molecule has 1 aromatic rings. The van der Waals surface area contributed by atoms with Gasteiger partial charge in [0.25, 0.3) is 0 Å². The van der Waals surface area contributed by atoms with Crippen LogP contribution in [0.3, 0.4) is 0 Å². The summed E-state index contributed by atoms with van der Waals surface area (Å²) in [6.07, 6.45) is 1.70. The Morgan fingerprint density at radius 3 is 2.94 bits per heavy atom. The average Bonchev–Trinajstić information content (AvgIpc) is 2.26. The predicted octanol–water partition coefficient (Wildman–Crippen LogP) is 1.48. The molecule has 1 atom stereocenters. The van der Waals surface area contributed by atoms with E-state index in [0.717, 1.165) is 5.69 Å². The van der Waals surface area contributed by atoms with Gasteiger partial charge in [-0.05, 0) is 18.1 Å². The highest BCUT2D eigenvalue weighted by molar-refractivity contribution is 5.67. The number of carboxylic acid groups (broad SMARTS) is 1. The van der Waals surface area contributed by atoms with Crippen LogP contribution in [0.25, 0.3) is 0 Å². The van der Waals surface area contributed by atoms with Crippen LogP contribution in [0.1, 0.15) is 19.0 Å². The zero-order valence-corrected chi connectivity index (χ0v) is 8.97. The Hall–Kier alpha value is -2.09. The average molecular weight is 219 g/mol. The van der Waals surface area contributed by atoms with E-state index in [2.05, 4.69) is 10.3 Å². The molecule has 1 aromatic heterocycles. The summed E-state index contributed by atoms with van der Waals surface area (Å²) in [7, 11) is 0. The van der Waals surface area contributed by atoms with Crippen LogP contribution in [0.2, 0.25) is 0 Å². The van der Waals surface area contributed by atoms with E-state index in [1.807, 2.05) is 13.0 Å². The largest absolute Gasteiger partial charge is 0.481 e. The number of carbonyl (C=O) groups is 1. The number of pyridine rings is 1. The zero-order chi connectivity index (χ0) is 12.0. The first-order chi connectivity index (χ1) is 7.61. The third kappa shape index (κ3) is 3.96. The van der Waals surface area contributed by atoms with Gasteiger partial charge in [-0.1, -0.05) is 6.92 Å². The standard InChI is InChI=1S/C11H13N3O2/c1-8(4-11(15)16)6-13-10-3-2-9(5-12)14-7-10/h2-3,7-8,13H,4,6H2,1H3,(H,15,16). The van der Waals surface area contributed by atoms with Crippen molar-refractivity contribution in [1.82, 2.24) is 4.98 Å². The molecule has 84 valence electrons. The molecule has 0 amide bonds. The number of aliphatic carboxylic acids is 1. The molecule has 0 saturated carbocycles. The molecule has 0 saturated heterocycles. The third-order valence-electron chi connectivity index (χ3n) is 2.06. The van der Waals surface area contributed by atoms with E-state index in [4.69, 9.17) is 10.4 Å². The minimum Gasteiger partial charge on any atom is -0.481 e. The first-order valence-corrected chi connectivity index (χ1v) is 4.93. The second-order valence-corrected chi connectivity index (χ2v) is 3.63. The normalized spacial score (nSPS) is 11.5. The first-order valence-electron chi connectivity index (χ1n) is 4.93. The number of aromatic nitrogens is 1. The van der Waals surface area contributed by atoms with Crippen LogP contribution in [0, 0.1) is 17.2 Å². The van der Waals surface area contributed by atoms with E-state index in [1.54, 1.807) is 18.3 Å². The van der Waals surface area contributed by atoms with Crippen molar-refractivity contribution in [1.29, 1.82) is 5.26 Å². The third-order valence-corrected chi connectivity index (χ3v) is 2.06. The molecule has 0 aromatic carbocycles. The summed E-state index contributed by atoms with van der Waals surface area (Å²) in [5.74, 6) is -0.750. The molecule has 1 rings (SSSR count). The van der Waals surface area contributed by atoms with E-state index in [1.165, 1.54) is 0 Å². The van der Waals surface area contributed by atoms with Gasteiger partial charge in [0.05, 0.1) is 11.9 Å². The molecule has 0 radical (unpaired) electrons. The van der Waals surface area contributed by atoms with E-state index in [9.17, 15) is 4.79 Å². The van der Waals surface area contributed by atoms with Crippen molar-refractivity contribution in [2.24, 2.45) is 5.92 Å². The van der Waals surface area contributed by atoms with Crippen molar-refractivity contribution in [3.8, 4) is 6.07 Å². The molecule has 2 N–H and O–H groups in total. The van der Waals surface area contributed by atoms with Crippen molar-refractivity contribution in [2.75, 3.05) is 11.9 Å². The lowest BCUT2D eigenvalue weighted by molar-refractivity contribution is -0.137. The number of hydrogen-bond acceptors (Lipinski definition) is 4. The van der Waals surface area contributed by atoms with Crippen LogP contribution >= 0.6 is 0 Å². The molecule has 5 heteroatoms. The Morgan fingerprint density at radius 1 is 1.69 bits per heavy atom. The van der Waals surface area contributed by atoms with Crippen molar-refractivity contribution in [2.45, 2.75) is 13.3 Å². The fraction of sp³-hybridized carbons (Fsp3) is 0.364. The molecule has 1 heterocycles. The minimum atomic E-state index is -0.799. The molecule has 16 heavy (non-hydrogen) atoms. The zero-order valence-electron chi connectivity index (χ0n) is 8.97. The maximum Gasteiger partial charge on any atom is 0.303 e. The Balaban J connectivity index is 2.43. The van der Waals surface area contributed by atoms with Crippen molar-refractivity contribution in [3.05, 3.63) is 24.0 Å². The summed E-state index contributed by atoms with van der Waals surface area (Å²) in [5.41, 5.74) is 1.15. The van der Waals surface area contributed by atoms with E-state index >= 15 is 0 Å². The van der Waals surface area contributed by atoms with Crippen LogP contribution in [0.5, 0.6) is 0 Å². The Bertz CT molecular complexity index is 395. The van der Waals surface area contributed by atoms with E-state index in [-0.39, 0.29) is 12.3 Å². The summed E-state index contributed by atoms with van der Waals surface area (Å²) < 4.78 is 0. The number of carboxylic acids is 1. The van der Waals surface area contributed by atoms with Gasteiger partial charge in [0.1, 0.15) is 11.8 Å². The quantitative estimate of drug-likeness (QED) is 0.783. The highest BCUT2D eigenvalue weighted by Crippen LogP contribution is 2.08. The number of anilines is 1. The van der Waals surface area contributed by atoms with Gasteiger partial charge in [0.15, 0.2) is 0 Å². The topological polar surface area (TPSA) is 86.0 Å². The predicted molar refractivity (Wildman–Crippen MR) is 58.9 cm³/mol. The molecule has 0 aliphatic rings. The SMILES string of the molecule is CC(CNc1ccc(C#N)nc1)CC(=O)O. The Kier molecular flexibility index (Phi) is 4.28. The Morgan fingerprint density at radius 2 is 2.44 bits per heavy atom. The summed E-state index contributed by atoms with van der Waals surface area (Å²) >= 11 is 0. The molecule has 0 spiro atoms. The van der Waals surface area contributed by atoms with Crippen LogP contribution in [0.15, 0.2) is 18.3 Å². The van der Waals surface area contributed by atoms with Gasteiger partial charge < -0.3 is 10.4 Å². The smallest absolute Gasteiger partial charge is 0.303 e. The number of rotatable bonds is 5. The summed E-state index contributed by atoms with van der Waals surface area (Å²) in [6, 6.07) is 5.29. The van der Waals surface area contributed by atoms with Gasteiger partial charge in [0.2, 0.25) is 0 Å². The monoisotopic (exact) mass is 219 g/mol. The van der Waals surface area contributed by atoms with Crippen molar-refractivity contribution < 1.29 is 9.90 Å². The highest BCUT2D eigenvalue weighted by atomic mass is 16.4. The van der Waals surface area contributed by atoms with E-state index < -0.39 is 5.97 Å². The van der Waals surface area contributed by atoms with Gasteiger partial charge in [-0.25, -0.2) is 4.98 Å². The highest BCUT2D eigenvalue weighted by Gasteiger charge is 2.06. The second-order valence-electron chi connectivity index (χ2n) is 3.63. The summed E-state index contributed by atoms with van der Waals surface area (Å²) in [5, 5.41) is 20.2. The van der Waals surface area contributed by atoms with Crippen LogP contribution in [0.4, 0.5) is 5.69 Å². The lowest BCUT2D eigenvalue weighted by atomic mass is 10.1. The summed E-state index contributed by atoms with van der Waals surface area (Å²) in [4.78, 5) is 14.3. The van der Waals surface area contributed by atoms with Crippen LogP contribution in [-0.2, 0) is 4.79 Å². The second kappa shape index (κ2) is 5.71. The van der Waals surface area contributed by atoms with E-state index in [0.29, 0.717) is 12.2 Å². The molecule has 5 nitrogen and oxygen atoms in total. The van der Waals surface area contributed by atoms with Crippen molar-refractivity contribution in [3.63, 3.8) is 0 Å².